The van der Waals surface area contributed by atoms with Crippen LogP contribution in [0.25, 0.3) is 0 Å². The normalized spacial score (nSPS) is 14.4. The van der Waals surface area contributed by atoms with Gasteiger partial charge in [0.25, 0.3) is 0 Å². The quantitative estimate of drug-likeness (QED) is 0.344. The van der Waals surface area contributed by atoms with Crippen molar-refractivity contribution in [3.05, 3.63) is 29.8 Å². The molecule has 25 heavy (non-hydrogen) atoms. The molecule has 0 aliphatic heterocycles. The van der Waals surface area contributed by atoms with Crippen LogP contribution in [-0.4, -0.2) is 52.6 Å². The maximum absolute atomic E-state index is 5.95. The van der Waals surface area contributed by atoms with Crippen molar-refractivity contribution in [3.63, 3.8) is 0 Å². The Balaban J connectivity index is 1.80. The summed E-state index contributed by atoms with van der Waals surface area (Å²) in [5, 5.41) is 6.53. The zero-order valence-electron chi connectivity index (χ0n) is 15.4. The molecule has 0 atom stereocenters. The van der Waals surface area contributed by atoms with Gasteiger partial charge in [-0.2, -0.15) is 0 Å². The summed E-state index contributed by atoms with van der Waals surface area (Å²) in [6.45, 7) is 6.82. The van der Waals surface area contributed by atoms with E-state index in [0.717, 1.165) is 36.3 Å². The van der Waals surface area contributed by atoms with E-state index in [1.807, 2.05) is 18.2 Å². The smallest absolute Gasteiger partial charge is 0.191 e. The van der Waals surface area contributed by atoms with Gasteiger partial charge in [-0.15, -0.1) is 0 Å². The van der Waals surface area contributed by atoms with Crippen molar-refractivity contribution in [1.29, 1.82) is 0 Å². The van der Waals surface area contributed by atoms with Gasteiger partial charge in [-0.05, 0) is 31.7 Å². The van der Waals surface area contributed by atoms with Gasteiger partial charge in [0.15, 0.2) is 5.96 Å². The molecule has 1 saturated carbocycles. The first-order valence-electron chi connectivity index (χ1n) is 9.13. The number of guanidine groups is 1. The van der Waals surface area contributed by atoms with E-state index < -0.39 is 0 Å². The van der Waals surface area contributed by atoms with Gasteiger partial charge in [0.1, 0.15) is 5.75 Å². The van der Waals surface area contributed by atoms with Crippen molar-refractivity contribution in [2.45, 2.75) is 26.3 Å². The van der Waals surface area contributed by atoms with Crippen molar-refractivity contribution < 1.29 is 14.2 Å². The van der Waals surface area contributed by atoms with Crippen LogP contribution in [0.4, 0.5) is 0 Å². The van der Waals surface area contributed by atoms with Crippen LogP contribution < -0.4 is 15.4 Å². The molecule has 1 aromatic carbocycles. The molecular weight excluding hydrogens is 318 g/mol. The predicted molar refractivity (Wildman–Crippen MR) is 100 cm³/mol. The van der Waals surface area contributed by atoms with E-state index in [1.165, 1.54) is 12.8 Å². The zero-order valence-corrected chi connectivity index (χ0v) is 15.4. The third-order valence-electron chi connectivity index (χ3n) is 3.87. The van der Waals surface area contributed by atoms with E-state index in [1.54, 1.807) is 7.11 Å². The standard InChI is InChI=1S/C19H31N3O3/c1-3-20-19(21-10-11-24-13-12-23-2)22-14-17-6-4-5-7-18(17)25-15-16-8-9-16/h4-7,16H,3,8-15H2,1-2H3,(H2,20,21,22). The van der Waals surface area contributed by atoms with Gasteiger partial charge in [0, 0.05) is 25.8 Å². The van der Waals surface area contributed by atoms with Crippen LogP contribution in [0.1, 0.15) is 25.3 Å². The highest BCUT2D eigenvalue weighted by Gasteiger charge is 2.22. The maximum Gasteiger partial charge on any atom is 0.191 e. The SMILES string of the molecule is CCNC(=NCc1ccccc1OCC1CC1)NCCOCCOC. The van der Waals surface area contributed by atoms with Gasteiger partial charge in [-0.25, -0.2) is 4.99 Å². The number of methoxy groups -OCH3 is 1. The van der Waals surface area contributed by atoms with E-state index in [4.69, 9.17) is 14.2 Å². The molecule has 1 aliphatic rings. The molecule has 6 heteroatoms. The van der Waals surface area contributed by atoms with Gasteiger partial charge >= 0.3 is 0 Å². The third-order valence-corrected chi connectivity index (χ3v) is 3.87. The molecule has 0 saturated heterocycles. The summed E-state index contributed by atoms with van der Waals surface area (Å²) in [4.78, 5) is 4.66. The Hall–Kier alpha value is -1.79. The average molecular weight is 349 g/mol. The summed E-state index contributed by atoms with van der Waals surface area (Å²) in [6, 6.07) is 8.13. The van der Waals surface area contributed by atoms with Crippen LogP contribution in [-0.2, 0) is 16.0 Å². The van der Waals surface area contributed by atoms with Crippen LogP contribution in [0.2, 0.25) is 0 Å². The fourth-order valence-corrected chi connectivity index (χ4v) is 2.26. The zero-order chi connectivity index (χ0) is 17.7. The Morgan fingerprint density at radius 3 is 2.76 bits per heavy atom. The highest BCUT2D eigenvalue weighted by Crippen LogP contribution is 2.30. The molecule has 1 aliphatic carbocycles. The van der Waals surface area contributed by atoms with E-state index in [-0.39, 0.29) is 0 Å². The highest BCUT2D eigenvalue weighted by atomic mass is 16.5. The summed E-state index contributed by atoms with van der Waals surface area (Å²) in [5.74, 6) is 2.47. The van der Waals surface area contributed by atoms with Crippen LogP contribution >= 0.6 is 0 Å². The first-order valence-corrected chi connectivity index (χ1v) is 9.13. The number of aliphatic imine (C=N–C) groups is 1. The second-order valence-corrected chi connectivity index (χ2v) is 6.09. The monoisotopic (exact) mass is 349 g/mol. The first kappa shape index (κ1) is 19.5. The maximum atomic E-state index is 5.95. The summed E-state index contributed by atoms with van der Waals surface area (Å²) in [6.07, 6.45) is 2.59. The first-order chi connectivity index (χ1) is 12.3. The predicted octanol–water partition coefficient (Wildman–Crippen LogP) is 2.19. The Morgan fingerprint density at radius 1 is 1.16 bits per heavy atom. The molecule has 140 valence electrons. The van der Waals surface area contributed by atoms with Crippen molar-refractivity contribution in [2.24, 2.45) is 10.9 Å². The Morgan fingerprint density at radius 2 is 2.00 bits per heavy atom. The fraction of sp³-hybridized carbons (Fsp3) is 0.632. The fourth-order valence-electron chi connectivity index (χ4n) is 2.26. The molecule has 0 radical (unpaired) electrons. The number of para-hydroxylation sites is 1. The van der Waals surface area contributed by atoms with Crippen LogP contribution in [0.3, 0.4) is 0 Å². The number of nitrogens with zero attached hydrogens (tertiary/aromatic N) is 1. The lowest BCUT2D eigenvalue weighted by molar-refractivity contribution is 0.0733. The van der Waals surface area contributed by atoms with Crippen LogP contribution in [0.5, 0.6) is 5.75 Å². The lowest BCUT2D eigenvalue weighted by Crippen LogP contribution is -2.39. The van der Waals surface area contributed by atoms with Crippen molar-refractivity contribution in [3.8, 4) is 5.75 Å². The average Bonchev–Trinajstić information content (AvgIpc) is 3.46. The Bertz CT molecular complexity index is 518. The summed E-state index contributed by atoms with van der Waals surface area (Å²) in [5.41, 5.74) is 1.11. The highest BCUT2D eigenvalue weighted by molar-refractivity contribution is 5.79. The van der Waals surface area contributed by atoms with Crippen LogP contribution in [0.15, 0.2) is 29.3 Å². The number of nitrogens with one attached hydrogen (secondary N) is 2. The van der Waals surface area contributed by atoms with E-state index >= 15 is 0 Å². The van der Waals surface area contributed by atoms with Gasteiger partial charge in [0.05, 0.1) is 33.0 Å². The topological polar surface area (TPSA) is 64.1 Å². The number of hydrogen-bond acceptors (Lipinski definition) is 4. The van der Waals surface area contributed by atoms with Gasteiger partial charge in [-0.1, -0.05) is 18.2 Å². The van der Waals surface area contributed by atoms with E-state index in [0.29, 0.717) is 32.9 Å². The lowest BCUT2D eigenvalue weighted by Gasteiger charge is -2.13. The second-order valence-electron chi connectivity index (χ2n) is 6.09. The minimum atomic E-state index is 0.584. The lowest BCUT2D eigenvalue weighted by atomic mass is 10.2. The summed E-state index contributed by atoms with van der Waals surface area (Å²) in [7, 11) is 1.67. The summed E-state index contributed by atoms with van der Waals surface area (Å²) < 4.78 is 16.4. The molecule has 2 N–H and O–H groups in total. The minimum absolute atomic E-state index is 0.584. The number of benzene rings is 1. The van der Waals surface area contributed by atoms with Crippen molar-refractivity contribution >= 4 is 5.96 Å². The van der Waals surface area contributed by atoms with Crippen molar-refractivity contribution in [2.75, 3.05) is 46.6 Å². The Labute approximate surface area is 151 Å². The summed E-state index contributed by atoms with van der Waals surface area (Å²) >= 11 is 0. The van der Waals surface area contributed by atoms with Crippen LogP contribution in [0, 0.1) is 5.92 Å². The molecule has 0 bridgehead atoms. The molecule has 0 amide bonds. The molecule has 0 spiro atoms. The molecule has 0 aromatic heterocycles. The minimum Gasteiger partial charge on any atom is -0.493 e. The number of ether oxygens (including phenoxy) is 3. The molecule has 1 fully saturated rings. The Kier molecular flexibility index (Phi) is 9.15. The van der Waals surface area contributed by atoms with Gasteiger partial charge < -0.3 is 24.8 Å². The molecule has 0 unspecified atom stereocenters. The third kappa shape index (κ3) is 8.23. The van der Waals surface area contributed by atoms with E-state index in [9.17, 15) is 0 Å². The van der Waals surface area contributed by atoms with Gasteiger partial charge in [-0.3, -0.25) is 0 Å². The second kappa shape index (κ2) is 11.7. The molecule has 2 rings (SSSR count). The van der Waals surface area contributed by atoms with Gasteiger partial charge in [0.2, 0.25) is 0 Å². The molecular formula is C19H31N3O3. The van der Waals surface area contributed by atoms with Crippen molar-refractivity contribution in [1.82, 2.24) is 10.6 Å². The van der Waals surface area contributed by atoms with E-state index in [2.05, 4.69) is 28.6 Å². The molecule has 1 aromatic rings. The number of hydrogen-bond donors (Lipinski definition) is 2. The number of rotatable bonds is 12. The largest absolute Gasteiger partial charge is 0.493 e. The molecule has 0 heterocycles. The molecule has 6 nitrogen and oxygen atoms in total.